The Morgan fingerprint density at radius 1 is 1.15 bits per heavy atom. The Labute approximate surface area is 161 Å². The molecule has 3 aromatic heterocycles. The van der Waals surface area contributed by atoms with Crippen molar-refractivity contribution in [1.29, 1.82) is 0 Å². The fraction of sp³-hybridized carbons (Fsp3) is 0.200. The predicted molar refractivity (Wildman–Crippen MR) is 107 cm³/mol. The average molecular weight is 377 g/mol. The molecule has 7 heteroatoms. The molecule has 0 unspecified atom stereocenters. The van der Waals surface area contributed by atoms with Crippen LogP contribution in [0.4, 0.5) is 0 Å². The molecule has 0 saturated carbocycles. The van der Waals surface area contributed by atoms with Gasteiger partial charge in [0.1, 0.15) is 11.4 Å². The molecule has 27 heavy (non-hydrogen) atoms. The van der Waals surface area contributed by atoms with Crippen molar-refractivity contribution in [3.63, 3.8) is 0 Å². The van der Waals surface area contributed by atoms with E-state index in [0.717, 1.165) is 38.7 Å². The number of rotatable bonds is 5. The van der Waals surface area contributed by atoms with Crippen molar-refractivity contribution >= 4 is 28.6 Å². The van der Waals surface area contributed by atoms with Crippen LogP contribution in [0.5, 0.6) is 0 Å². The van der Waals surface area contributed by atoms with Crippen molar-refractivity contribution in [3.8, 4) is 5.69 Å². The lowest BCUT2D eigenvalue weighted by Crippen LogP contribution is -2.05. The van der Waals surface area contributed by atoms with E-state index in [4.69, 9.17) is 0 Å². The van der Waals surface area contributed by atoms with E-state index in [2.05, 4.69) is 15.1 Å². The van der Waals surface area contributed by atoms with E-state index in [0.29, 0.717) is 5.75 Å². The highest BCUT2D eigenvalue weighted by molar-refractivity contribution is 8.00. The van der Waals surface area contributed by atoms with Gasteiger partial charge in [-0.15, -0.1) is 0 Å². The first-order valence-electron chi connectivity index (χ1n) is 8.59. The van der Waals surface area contributed by atoms with Crippen molar-refractivity contribution in [1.82, 2.24) is 24.3 Å². The van der Waals surface area contributed by atoms with Gasteiger partial charge < -0.3 is 4.57 Å². The lowest BCUT2D eigenvalue weighted by Gasteiger charge is -2.04. The largest absolute Gasteiger partial charge is 0.351 e. The second-order valence-corrected chi connectivity index (χ2v) is 7.33. The van der Waals surface area contributed by atoms with Crippen molar-refractivity contribution in [3.05, 3.63) is 65.9 Å². The molecule has 4 aromatic rings. The summed E-state index contributed by atoms with van der Waals surface area (Å²) in [6, 6.07) is 11.8. The number of thioether (sulfide) groups is 1. The summed E-state index contributed by atoms with van der Waals surface area (Å²) in [5.41, 5.74) is 4.51. The Balaban J connectivity index is 1.60. The maximum Gasteiger partial charge on any atom is 0.174 e. The highest BCUT2D eigenvalue weighted by Gasteiger charge is 2.17. The molecular weight excluding hydrogens is 358 g/mol. The number of ketones is 1. The average Bonchev–Trinajstić information content (AvgIpc) is 3.24. The summed E-state index contributed by atoms with van der Waals surface area (Å²) in [6.45, 7) is 3.97. The van der Waals surface area contributed by atoms with Gasteiger partial charge in [-0.1, -0.05) is 30.0 Å². The van der Waals surface area contributed by atoms with Gasteiger partial charge in [0.15, 0.2) is 11.4 Å². The molecule has 0 fully saturated rings. The van der Waals surface area contributed by atoms with Gasteiger partial charge in [0.05, 0.1) is 23.0 Å². The zero-order valence-electron chi connectivity index (χ0n) is 15.4. The van der Waals surface area contributed by atoms with Crippen molar-refractivity contribution in [2.45, 2.75) is 18.9 Å². The Morgan fingerprint density at radius 3 is 2.63 bits per heavy atom. The van der Waals surface area contributed by atoms with Gasteiger partial charge in [0.25, 0.3) is 0 Å². The molecule has 4 rings (SSSR count). The highest BCUT2D eigenvalue weighted by Crippen LogP contribution is 2.27. The predicted octanol–water partition coefficient (Wildman–Crippen LogP) is 3.75. The van der Waals surface area contributed by atoms with Crippen LogP contribution in [0.15, 0.2) is 53.9 Å². The Kier molecular flexibility index (Phi) is 4.53. The fourth-order valence-corrected chi connectivity index (χ4v) is 3.89. The normalized spacial score (nSPS) is 11.2. The number of hydrogen-bond acceptors (Lipinski definition) is 5. The topological polar surface area (TPSA) is 65.6 Å². The lowest BCUT2D eigenvalue weighted by atomic mass is 10.2. The van der Waals surface area contributed by atoms with Gasteiger partial charge in [-0.2, -0.15) is 5.10 Å². The SMILES string of the molecule is Cc1cc(C(=O)CSc2ncnc3c2cnn3-c2ccccc2)c(C)n1C. The number of nitrogens with zero attached hydrogens (tertiary/aromatic N) is 5. The molecule has 0 aliphatic heterocycles. The zero-order chi connectivity index (χ0) is 19.0. The summed E-state index contributed by atoms with van der Waals surface area (Å²) in [7, 11) is 1.97. The van der Waals surface area contributed by atoms with Gasteiger partial charge >= 0.3 is 0 Å². The maximum absolute atomic E-state index is 12.7. The van der Waals surface area contributed by atoms with Crippen LogP contribution in [0, 0.1) is 13.8 Å². The van der Waals surface area contributed by atoms with Crippen LogP contribution in [0.3, 0.4) is 0 Å². The molecule has 0 amide bonds. The van der Waals surface area contributed by atoms with E-state index in [9.17, 15) is 4.79 Å². The van der Waals surface area contributed by atoms with Gasteiger partial charge in [-0.25, -0.2) is 14.6 Å². The van der Waals surface area contributed by atoms with Crippen LogP contribution in [0.25, 0.3) is 16.7 Å². The maximum atomic E-state index is 12.7. The molecule has 0 atom stereocenters. The lowest BCUT2D eigenvalue weighted by molar-refractivity contribution is 0.102. The molecule has 0 N–H and O–H groups in total. The minimum atomic E-state index is 0.100. The van der Waals surface area contributed by atoms with Gasteiger partial charge in [0.2, 0.25) is 0 Å². The zero-order valence-corrected chi connectivity index (χ0v) is 16.2. The first kappa shape index (κ1) is 17.5. The Morgan fingerprint density at radius 2 is 1.93 bits per heavy atom. The van der Waals surface area contributed by atoms with Gasteiger partial charge in [0, 0.05) is 24.0 Å². The second-order valence-electron chi connectivity index (χ2n) is 6.36. The first-order chi connectivity index (χ1) is 13.1. The smallest absolute Gasteiger partial charge is 0.174 e. The summed E-state index contributed by atoms with van der Waals surface area (Å²) < 4.78 is 3.82. The van der Waals surface area contributed by atoms with Crippen molar-refractivity contribution in [2.24, 2.45) is 7.05 Å². The standard InChI is InChI=1S/C20H19N5OS/c1-13-9-16(14(2)24(13)3)18(26)11-27-20-17-10-23-25(19(17)21-12-22-20)15-7-5-4-6-8-15/h4-10,12H,11H2,1-3H3. The van der Waals surface area contributed by atoms with E-state index >= 15 is 0 Å². The molecule has 0 aliphatic carbocycles. The third kappa shape index (κ3) is 3.14. The molecule has 1 aromatic carbocycles. The van der Waals surface area contributed by atoms with Crippen LogP contribution >= 0.6 is 11.8 Å². The molecule has 6 nitrogen and oxygen atoms in total. The molecule has 0 spiro atoms. The van der Waals surface area contributed by atoms with Gasteiger partial charge in [-0.05, 0) is 32.0 Å². The summed E-state index contributed by atoms with van der Waals surface area (Å²) >= 11 is 1.42. The van der Waals surface area contributed by atoms with Crippen molar-refractivity contribution in [2.75, 3.05) is 5.75 Å². The van der Waals surface area contributed by atoms with Crippen LogP contribution in [0.2, 0.25) is 0 Å². The third-order valence-electron chi connectivity index (χ3n) is 4.75. The number of aromatic nitrogens is 5. The molecular formula is C20H19N5OS. The second kappa shape index (κ2) is 7.00. The monoisotopic (exact) mass is 377 g/mol. The number of fused-ring (bicyclic) bond motifs is 1. The number of Topliss-reactive ketones (excluding diaryl/α,β-unsaturated/α-hetero) is 1. The minimum absolute atomic E-state index is 0.100. The molecule has 0 radical (unpaired) electrons. The fourth-order valence-electron chi connectivity index (χ4n) is 3.05. The van der Waals surface area contributed by atoms with E-state index in [-0.39, 0.29) is 5.78 Å². The summed E-state index contributed by atoms with van der Waals surface area (Å²) in [4.78, 5) is 21.4. The highest BCUT2D eigenvalue weighted by atomic mass is 32.2. The van der Waals surface area contributed by atoms with E-state index in [1.54, 1.807) is 10.9 Å². The molecule has 136 valence electrons. The number of carbonyl (C=O) groups is 1. The van der Waals surface area contributed by atoms with E-state index in [1.807, 2.05) is 61.9 Å². The molecule has 0 aliphatic rings. The van der Waals surface area contributed by atoms with Gasteiger partial charge in [-0.3, -0.25) is 4.79 Å². The number of para-hydroxylation sites is 1. The van der Waals surface area contributed by atoms with Crippen LogP contribution in [-0.4, -0.2) is 35.9 Å². The summed E-state index contributed by atoms with van der Waals surface area (Å²) in [5.74, 6) is 0.427. The summed E-state index contributed by atoms with van der Waals surface area (Å²) in [5, 5.41) is 6.07. The van der Waals surface area contributed by atoms with E-state index in [1.165, 1.54) is 18.1 Å². The summed E-state index contributed by atoms with van der Waals surface area (Å²) in [6.07, 6.45) is 3.28. The first-order valence-corrected chi connectivity index (χ1v) is 9.58. The van der Waals surface area contributed by atoms with Crippen LogP contribution in [-0.2, 0) is 7.05 Å². The van der Waals surface area contributed by atoms with Crippen LogP contribution < -0.4 is 0 Å². The minimum Gasteiger partial charge on any atom is -0.351 e. The quantitative estimate of drug-likeness (QED) is 0.301. The Hall–Kier alpha value is -2.93. The molecule has 0 bridgehead atoms. The van der Waals surface area contributed by atoms with Crippen LogP contribution in [0.1, 0.15) is 21.7 Å². The molecule has 3 heterocycles. The van der Waals surface area contributed by atoms with E-state index < -0.39 is 0 Å². The number of hydrogen-bond donors (Lipinski definition) is 0. The third-order valence-corrected chi connectivity index (χ3v) is 5.75. The number of benzene rings is 1. The Bertz CT molecular complexity index is 1130. The molecule has 0 saturated heterocycles. The number of aryl methyl sites for hydroxylation is 1. The number of carbonyl (C=O) groups excluding carboxylic acids is 1. The van der Waals surface area contributed by atoms with Crippen molar-refractivity contribution < 1.29 is 4.79 Å².